The van der Waals surface area contributed by atoms with Gasteiger partial charge in [0.05, 0.1) is 12.2 Å². The van der Waals surface area contributed by atoms with Gasteiger partial charge in [0.1, 0.15) is 0 Å². The third kappa shape index (κ3) is 4.73. The molecular formula is C18H30ClN3O2. The summed E-state index contributed by atoms with van der Waals surface area (Å²) in [5.74, 6) is 1.87. The van der Waals surface area contributed by atoms with Crippen LogP contribution in [0.1, 0.15) is 76.2 Å². The fraction of sp³-hybridized carbons (Fsp3) is 0.778. The predicted octanol–water partition coefficient (Wildman–Crippen LogP) is 3.54. The van der Waals surface area contributed by atoms with E-state index in [1.807, 2.05) is 6.07 Å². The Morgan fingerprint density at radius 2 is 2.00 bits per heavy atom. The average Bonchev–Trinajstić information content (AvgIpc) is 3.13. The van der Waals surface area contributed by atoms with Crippen molar-refractivity contribution < 1.29 is 9.32 Å². The van der Waals surface area contributed by atoms with Gasteiger partial charge >= 0.3 is 0 Å². The summed E-state index contributed by atoms with van der Waals surface area (Å²) in [6.07, 6.45) is 7.61. The number of rotatable bonds is 7. The predicted molar refractivity (Wildman–Crippen MR) is 96.2 cm³/mol. The lowest BCUT2D eigenvalue weighted by Gasteiger charge is -2.28. The normalized spacial score (nSPS) is 25.5. The summed E-state index contributed by atoms with van der Waals surface area (Å²) < 4.78 is 5.36. The minimum atomic E-state index is 0. The molecule has 1 aromatic rings. The maximum absolute atomic E-state index is 12.2. The number of aromatic nitrogens is 1. The number of nitrogens with zero attached hydrogens (tertiary/aromatic N) is 1. The van der Waals surface area contributed by atoms with E-state index in [4.69, 9.17) is 4.52 Å². The number of piperidine rings is 1. The van der Waals surface area contributed by atoms with Gasteiger partial charge in [-0.1, -0.05) is 19.0 Å². The van der Waals surface area contributed by atoms with E-state index in [0.717, 1.165) is 37.1 Å². The van der Waals surface area contributed by atoms with E-state index in [0.29, 0.717) is 36.9 Å². The molecule has 1 amide bonds. The Balaban J connectivity index is 0.00000208. The van der Waals surface area contributed by atoms with Crippen molar-refractivity contribution in [1.82, 2.24) is 15.8 Å². The first-order valence-corrected chi connectivity index (χ1v) is 9.16. The van der Waals surface area contributed by atoms with Gasteiger partial charge in [0, 0.05) is 30.5 Å². The summed E-state index contributed by atoms with van der Waals surface area (Å²) in [4.78, 5) is 12.2. The number of carbonyl (C=O) groups excluding carboxylic acids is 1. The van der Waals surface area contributed by atoms with Crippen LogP contribution in [0.2, 0.25) is 0 Å². The second-order valence-electron chi connectivity index (χ2n) is 7.19. The van der Waals surface area contributed by atoms with Gasteiger partial charge in [0.25, 0.3) is 0 Å². The van der Waals surface area contributed by atoms with Crippen molar-refractivity contribution >= 4 is 18.3 Å². The molecule has 2 fully saturated rings. The number of carbonyl (C=O) groups is 1. The number of amides is 1. The molecule has 0 saturated carbocycles. The molecule has 136 valence electrons. The van der Waals surface area contributed by atoms with E-state index in [2.05, 4.69) is 29.6 Å². The van der Waals surface area contributed by atoms with Crippen molar-refractivity contribution in [1.29, 1.82) is 0 Å². The Bertz CT molecular complexity index is 518. The molecule has 3 rings (SSSR count). The highest BCUT2D eigenvalue weighted by Crippen LogP contribution is 2.32. The van der Waals surface area contributed by atoms with Gasteiger partial charge in [0.2, 0.25) is 5.91 Å². The van der Waals surface area contributed by atoms with Gasteiger partial charge in [-0.15, -0.1) is 12.4 Å². The van der Waals surface area contributed by atoms with Crippen LogP contribution in [-0.4, -0.2) is 23.1 Å². The van der Waals surface area contributed by atoms with E-state index < -0.39 is 0 Å². The largest absolute Gasteiger partial charge is 0.359 e. The van der Waals surface area contributed by atoms with Crippen LogP contribution >= 0.6 is 12.4 Å². The van der Waals surface area contributed by atoms with Crippen LogP contribution in [0.4, 0.5) is 0 Å². The van der Waals surface area contributed by atoms with E-state index in [9.17, 15) is 4.79 Å². The molecule has 2 atom stereocenters. The molecule has 5 nitrogen and oxygen atoms in total. The Morgan fingerprint density at radius 3 is 2.62 bits per heavy atom. The highest BCUT2D eigenvalue weighted by molar-refractivity contribution is 5.85. The first-order valence-electron chi connectivity index (χ1n) is 9.16. The quantitative estimate of drug-likeness (QED) is 0.785. The molecule has 2 bridgehead atoms. The van der Waals surface area contributed by atoms with Crippen molar-refractivity contribution in [3.8, 4) is 0 Å². The van der Waals surface area contributed by atoms with Crippen molar-refractivity contribution in [2.45, 2.75) is 83.3 Å². The van der Waals surface area contributed by atoms with Gasteiger partial charge in [-0.25, -0.2) is 0 Å². The van der Waals surface area contributed by atoms with E-state index in [1.54, 1.807) is 0 Å². The SMILES string of the molecule is CCC(CC)c1cc(CNC(=O)CC2CC3CCC(C2)N3)on1.Cl. The van der Waals surface area contributed by atoms with Crippen molar-refractivity contribution in [3.63, 3.8) is 0 Å². The monoisotopic (exact) mass is 355 g/mol. The van der Waals surface area contributed by atoms with Crippen LogP contribution in [0, 0.1) is 5.92 Å². The summed E-state index contributed by atoms with van der Waals surface area (Å²) in [6.45, 7) is 4.77. The van der Waals surface area contributed by atoms with Gasteiger partial charge in [0.15, 0.2) is 5.76 Å². The Kier molecular flexibility index (Phi) is 7.11. The average molecular weight is 356 g/mol. The summed E-state index contributed by atoms with van der Waals surface area (Å²) in [7, 11) is 0. The van der Waals surface area contributed by atoms with E-state index in [-0.39, 0.29) is 18.3 Å². The van der Waals surface area contributed by atoms with Crippen molar-refractivity contribution in [2.75, 3.05) is 0 Å². The second kappa shape index (κ2) is 8.86. The molecule has 2 unspecified atom stereocenters. The van der Waals surface area contributed by atoms with Crippen molar-refractivity contribution in [3.05, 3.63) is 17.5 Å². The van der Waals surface area contributed by atoms with Crippen LogP contribution in [0.25, 0.3) is 0 Å². The summed E-state index contributed by atoms with van der Waals surface area (Å²) in [5.41, 5.74) is 1.01. The zero-order chi connectivity index (χ0) is 16.2. The Labute approximate surface area is 150 Å². The summed E-state index contributed by atoms with van der Waals surface area (Å²) >= 11 is 0. The minimum absolute atomic E-state index is 0. The molecule has 2 aliphatic rings. The number of halogens is 1. The summed E-state index contributed by atoms with van der Waals surface area (Å²) in [5, 5.41) is 10.8. The molecule has 24 heavy (non-hydrogen) atoms. The minimum Gasteiger partial charge on any atom is -0.359 e. The lowest BCUT2D eigenvalue weighted by atomic mass is 9.89. The molecular weight excluding hydrogens is 326 g/mol. The molecule has 0 aromatic carbocycles. The number of hydrogen-bond donors (Lipinski definition) is 2. The number of fused-ring (bicyclic) bond motifs is 2. The Hall–Kier alpha value is -1.07. The third-order valence-electron chi connectivity index (χ3n) is 5.49. The molecule has 6 heteroatoms. The van der Waals surface area contributed by atoms with E-state index >= 15 is 0 Å². The number of hydrogen-bond acceptors (Lipinski definition) is 4. The topological polar surface area (TPSA) is 67.2 Å². The first kappa shape index (κ1) is 19.3. The fourth-order valence-electron chi connectivity index (χ4n) is 4.17. The first-order chi connectivity index (χ1) is 11.2. The standard InChI is InChI=1S/C18H29N3O2.ClH/c1-3-13(4-2)17-10-16(23-21-17)11-19-18(22)9-12-7-14-5-6-15(8-12)20-14;/h10,12-15,20H,3-9,11H2,1-2H3,(H,19,22);1H. The highest BCUT2D eigenvalue weighted by atomic mass is 35.5. The maximum Gasteiger partial charge on any atom is 0.220 e. The molecule has 1 aromatic heterocycles. The molecule has 2 saturated heterocycles. The van der Waals surface area contributed by atoms with Gasteiger partial charge < -0.3 is 15.2 Å². The third-order valence-corrected chi connectivity index (χ3v) is 5.49. The van der Waals surface area contributed by atoms with Gasteiger partial charge in [-0.3, -0.25) is 4.79 Å². The van der Waals surface area contributed by atoms with Crippen LogP contribution in [-0.2, 0) is 11.3 Å². The van der Waals surface area contributed by atoms with Gasteiger partial charge in [-0.2, -0.15) is 0 Å². The molecule has 2 N–H and O–H groups in total. The van der Waals surface area contributed by atoms with Crippen LogP contribution in [0.3, 0.4) is 0 Å². The molecule has 0 spiro atoms. The van der Waals surface area contributed by atoms with Gasteiger partial charge in [-0.05, 0) is 44.4 Å². The zero-order valence-corrected chi connectivity index (χ0v) is 15.5. The lowest BCUT2D eigenvalue weighted by molar-refractivity contribution is -0.122. The molecule has 0 radical (unpaired) electrons. The molecule has 2 aliphatic heterocycles. The fourth-order valence-corrected chi connectivity index (χ4v) is 4.17. The molecule has 3 heterocycles. The smallest absolute Gasteiger partial charge is 0.220 e. The van der Waals surface area contributed by atoms with Crippen LogP contribution in [0.15, 0.2) is 10.6 Å². The lowest BCUT2D eigenvalue weighted by Crippen LogP contribution is -2.39. The Morgan fingerprint density at radius 1 is 1.33 bits per heavy atom. The number of nitrogens with one attached hydrogen (secondary N) is 2. The highest BCUT2D eigenvalue weighted by Gasteiger charge is 2.34. The van der Waals surface area contributed by atoms with E-state index in [1.165, 1.54) is 12.8 Å². The van der Waals surface area contributed by atoms with Crippen molar-refractivity contribution in [2.24, 2.45) is 5.92 Å². The second-order valence-corrected chi connectivity index (χ2v) is 7.19. The van der Waals surface area contributed by atoms with Crippen LogP contribution < -0.4 is 10.6 Å². The zero-order valence-electron chi connectivity index (χ0n) is 14.7. The summed E-state index contributed by atoms with van der Waals surface area (Å²) in [6, 6.07) is 3.27. The maximum atomic E-state index is 12.2. The molecule has 0 aliphatic carbocycles. The van der Waals surface area contributed by atoms with Crippen LogP contribution in [0.5, 0.6) is 0 Å².